The number of para-hydroxylation sites is 2. The standard InChI is InChI=1S/C13H17N3O4/c17-8-7-15(10-5-6-10)9-13(18)14-11-3-1-2-4-12(11)16(19)20/h1-4,10,17H,5-9H2,(H,14,18). The first kappa shape index (κ1) is 14.4. The van der Waals surface area contributed by atoms with E-state index in [9.17, 15) is 14.9 Å². The Labute approximate surface area is 116 Å². The lowest BCUT2D eigenvalue weighted by Gasteiger charge is -2.19. The van der Waals surface area contributed by atoms with Crippen LogP contribution in [-0.4, -0.2) is 46.6 Å². The van der Waals surface area contributed by atoms with E-state index in [2.05, 4.69) is 5.32 Å². The van der Waals surface area contributed by atoms with Gasteiger partial charge in [-0.15, -0.1) is 0 Å². The summed E-state index contributed by atoms with van der Waals surface area (Å²) in [5.74, 6) is -0.306. The maximum absolute atomic E-state index is 11.9. The Morgan fingerprint density at radius 1 is 1.45 bits per heavy atom. The summed E-state index contributed by atoms with van der Waals surface area (Å²) in [4.78, 5) is 24.2. The summed E-state index contributed by atoms with van der Waals surface area (Å²) in [6, 6.07) is 6.38. The Morgan fingerprint density at radius 2 is 2.15 bits per heavy atom. The van der Waals surface area contributed by atoms with Crippen LogP contribution in [-0.2, 0) is 4.79 Å². The van der Waals surface area contributed by atoms with E-state index in [-0.39, 0.29) is 30.4 Å². The number of hydrogen-bond acceptors (Lipinski definition) is 5. The van der Waals surface area contributed by atoms with Gasteiger partial charge < -0.3 is 10.4 Å². The lowest BCUT2D eigenvalue weighted by atomic mass is 10.2. The zero-order chi connectivity index (χ0) is 14.5. The van der Waals surface area contributed by atoms with Crippen LogP contribution in [0.5, 0.6) is 0 Å². The first-order valence-corrected chi connectivity index (χ1v) is 6.50. The third kappa shape index (κ3) is 3.75. The van der Waals surface area contributed by atoms with E-state index >= 15 is 0 Å². The fourth-order valence-electron chi connectivity index (χ4n) is 2.07. The van der Waals surface area contributed by atoms with Crippen LogP contribution in [0.1, 0.15) is 12.8 Å². The highest BCUT2D eigenvalue weighted by molar-refractivity contribution is 5.94. The maximum atomic E-state index is 11.9. The zero-order valence-corrected chi connectivity index (χ0v) is 11.0. The lowest BCUT2D eigenvalue weighted by Crippen LogP contribution is -2.36. The van der Waals surface area contributed by atoms with Crippen molar-refractivity contribution in [1.29, 1.82) is 0 Å². The molecule has 1 fully saturated rings. The van der Waals surface area contributed by atoms with Crippen LogP contribution >= 0.6 is 0 Å². The van der Waals surface area contributed by atoms with Crippen molar-refractivity contribution in [2.45, 2.75) is 18.9 Å². The summed E-state index contributed by atoms with van der Waals surface area (Å²) >= 11 is 0. The van der Waals surface area contributed by atoms with Gasteiger partial charge in [-0.1, -0.05) is 12.1 Å². The summed E-state index contributed by atoms with van der Waals surface area (Å²) in [7, 11) is 0. The number of carbonyl (C=O) groups excluding carboxylic acids is 1. The Kier molecular flexibility index (Phi) is 4.65. The number of nitrogens with zero attached hydrogens (tertiary/aromatic N) is 2. The van der Waals surface area contributed by atoms with Crippen LogP contribution in [0, 0.1) is 10.1 Å². The number of carbonyl (C=O) groups is 1. The molecule has 1 amide bonds. The molecule has 0 spiro atoms. The maximum Gasteiger partial charge on any atom is 0.292 e. The average Bonchev–Trinajstić information content (AvgIpc) is 3.23. The van der Waals surface area contributed by atoms with Crippen molar-refractivity contribution in [2.24, 2.45) is 0 Å². The van der Waals surface area contributed by atoms with Crippen LogP contribution in [0.25, 0.3) is 0 Å². The molecule has 0 unspecified atom stereocenters. The molecular weight excluding hydrogens is 262 g/mol. The number of rotatable bonds is 7. The van der Waals surface area contributed by atoms with Gasteiger partial charge in [0.2, 0.25) is 5.91 Å². The topological polar surface area (TPSA) is 95.7 Å². The lowest BCUT2D eigenvalue weighted by molar-refractivity contribution is -0.383. The molecule has 2 N–H and O–H groups in total. The first-order valence-electron chi connectivity index (χ1n) is 6.50. The number of nitro groups is 1. The van der Waals surface area contributed by atoms with Crippen LogP contribution in [0.3, 0.4) is 0 Å². The van der Waals surface area contributed by atoms with Gasteiger partial charge in [0.05, 0.1) is 18.1 Å². The summed E-state index contributed by atoms with van der Waals surface area (Å²) < 4.78 is 0. The highest BCUT2D eigenvalue weighted by Gasteiger charge is 2.30. The number of aliphatic hydroxyl groups is 1. The Hall–Kier alpha value is -1.99. The van der Waals surface area contributed by atoms with Gasteiger partial charge in [0.1, 0.15) is 5.69 Å². The normalized spacial score (nSPS) is 14.3. The molecule has 0 aliphatic heterocycles. The van der Waals surface area contributed by atoms with Gasteiger partial charge in [0.25, 0.3) is 5.69 Å². The zero-order valence-electron chi connectivity index (χ0n) is 11.0. The number of anilines is 1. The van der Waals surface area contributed by atoms with Crippen LogP contribution in [0.15, 0.2) is 24.3 Å². The van der Waals surface area contributed by atoms with E-state index in [1.54, 1.807) is 12.1 Å². The first-order chi connectivity index (χ1) is 9.61. The summed E-state index contributed by atoms with van der Waals surface area (Å²) in [5, 5.41) is 22.4. The number of hydrogen-bond donors (Lipinski definition) is 2. The van der Waals surface area contributed by atoms with Crippen LogP contribution in [0.2, 0.25) is 0 Å². The van der Waals surface area contributed by atoms with Crippen LogP contribution in [0.4, 0.5) is 11.4 Å². The molecular formula is C13H17N3O4. The smallest absolute Gasteiger partial charge is 0.292 e. The molecule has 1 aliphatic carbocycles. The summed E-state index contributed by atoms with van der Waals surface area (Å²) in [5.41, 5.74) is 0.0724. The highest BCUT2D eigenvalue weighted by Crippen LogP contribution is 2.27. The molecule has 108 valence electrons. The van der Waals surface area contributed by atoms with Gasteiger partial charge in [-0.25, -0.2) is 0 Å². The molecule has 0 heterocycles. The predicted octanol–water partition coefficient (Wildman–Crippen LogP) is 0.990. The van der Waals surface area contributed by atoms with Crippen molar-refractivity contribution in [2.75, 3.05) is 25.0 Å². The SMILES string of the molecule is O=C(CN(CCO)C1CC1)Nc1ccccc1[N+](=O)[O-]. The van der Waals surface area contributed by atoms with E-state index in [1.807, 2.05) is 4.90 Å². The molecule has 2 rings (SSSR count). The number of nitro benzene ring substituents is 1. The van der Waals surface area contributed by atoms with Gasteiger partial charge in [-0.2, -0.15) is 0 Å². The van der Waals surface area contributed by atoms with E-state index in [4.69, 9.17) is 5.11 Å². The van der Waals surface area contributed by atoms with Crippen molar-refractivity contribution in [3.63, 3.8) is 0 Å². The average molecular weight is 279 g/mol. The highest BCUT2D eigenvalue weighted by atomic mass is 16.6. The minimum absolute atomic E-state index is 0.00470. The molecule has 1 aliphatic rings. The third-order valence-corrected chi connectivity index (χ3v) is 3.17. The second-order valence-corrected chi connectivity index (χ2v) is 4.75. The van der Waals surface area contributed by atoms with Gasteiger partial charge in [0, 0.05) is 18.7 Å². The quantitative estimate of drug-likeness (QED) is 0.573. The third-order valence-electron chi connectivity index (χ3n) is 3.17. The molecule has 0 aromatic heterocycles. The number of benzene rings is 1. The van der Waals surface area contributed by atoms with E-state index < -0.39 is 4.92 Å². The number of aliphatic hydroxyl groups excluding tert-OH is 1. The molecule has 1 aromatic rings. The molecule has 20 heavy (non-hydrogen) atoms. The second-order valence-electron chi connectivity index (χ2n) is 4.75. The van der Waals surface area contributed by atoms with E-state index in [0.717, 1.165) is 12.8 Å². The van der Waals surface area contributed by atoms with Gasteiger partial charge in [-0.3, -0.25) is 19.8 Å². The molecule has 1 saturated carbocycles. The van der Waals surface area contributed by atoms with E-state index in [1.165, 1.54) is 12.1 Å². The fourth-order valence-corrected chi connectivity index (χ4v) is 2.07. The fraction of sp³-hybridized carbons (Fsp3) is 0.462. The van der Waals surface area contributed by atoms with Crippen LogP contribution < -0.4 is 5.32 Å². The van der Waals surface area contributed by atoms with Crippen molar-refractivity contribution in [3.8, 4) is 0 Å². The number of nitrogens with one attached hydrogen (secondary N) is 1. The molecule has 0 saturated heterocycles. The Bertz CT molecular complexity index is 502. The Balaban J connectivity index is 1.98. The molecule has 0 bridgehead atoms. The van der Waals surface area contributed by atoms with Crippen molar-refractivity contribution < 1.29 is 14.8 Å². The van der Waals surface area contributed by atoms with Crippen molar-refractivity contribution in [1.82, 2.24) is 4.90 Å². The summed E-state index contributed by atoms with van der Waals surface area (Å²) in [6.07, 6.45) is 2.05. The molecule has 1 aromatic carbocycles. The van der Waals surface area contributed by atoms with Crippen molar-refractivity contribution in [3.05, 3.63) is 34.4 Å². The molecule has 7 heteroatoms. The van der Waals surface area contributed by atoms with Gasteiger partial charge >= 0.3 is 0 Å². The van der Waals surface area contributed by atoms with Gasteiger partial charge in [-0.05, 0) is 18.9 Å². The molecule has 7 nitrogen and oxygen atoms in total. The minimum atomic E-state index is -0.526. The second kappa shape index (κ2) is 6.44. The monoisotopic (exact) mass is 279 g/mol. The Morgan fingerprint density at radius 3 is 2.75 bits per heavy atom. The van der Waals surface area contributed by atoms with E-state index in [0.29, 0.717) is 12.6 Å². The van der Waals surface area contributed by atoms with Gasteiger partial charge in [0.15, 0.2) is 0 Å². The largest absolute Gasteiger partial charge is 0.395 e. The summed E-state index contributed by atoms with van der Waals surface area (Å²) in [6.45, 7) is 0.571. The predicted molar refractivity (Wildman–Crippen MR) is 73.4 cm³/mol. The molecule has 0 atom stereocenters. The molecule has 0 radical (unpaired) electrons. The van der Waals surface area contributed by atoms with Crippen molar-refractivity contribution >= 4 is 17.3 Å². The number of amides is 1. The minimum Gasteiger partial charge on any atom is -0.395 e.